The van der Waals surface area contributed by atoms with Gasteiger partial charge in [0.2, 0.25) is 11.8 Å². The van der Waals surface area contributed by atoms with Gasteiger partial charge in [-0.2, -0.15) is 0 Å². The van der Waals surface area contributed by atoms with Gasteiger partial charge in [0, 0.05) is 30.7 Å². The molecule has 1 saturated heterocycles. The van der Waals surface area contributed by atoms with Crippen LogP contribution in [0.5, 0.6) is 5.75 Å². The number of fused-ring (bicyclic) bond motifs is 3. The second kappa shape index (κ2) is 13.9. The van der Waals surface area contributed by atoms with Crippen molar-refractivity contribution in [3.8, 4) is 5.75 Å². The van der Waals surface area contributed by atoms with Gasteiger partial charge < -0.3 is 29.7 Å². The zero-order chi connectivity index (χ0) is 34.8. The van der Waals surface area contributed by atoms with Crippen LogP contribution in [-0.2, 0) is 23.9 Å². The van der Waals surface area contributed by atoms with Crippen molar-refractivity contribution in [2.75, 3.05) is 13.7 Å². The minimum Gasteiger partial charge on any atom is -0.488 e. The summed E-state index contributed by atoms with van der Waals surface area (Å²) in [5, 5.41) is 6.37. The molecular formula is C36H46N4O8. The molecule has 3 amide bonds. The van der Waals surface area contributed by atoms with Gasteiger partial charge in [-0.1, -0.05) is 31.1 Å². The number of methoxy groups -OCH3 is 1. The second-order valence-electron chi connectivity index (χ2n) is 14.1. The Morgan fingerprint density at radius 3 is 2.58 bits per heavy atom. The van der Waals surface area contributed by atoms with Crippen LogP contribution in [0.25, 0.3) is 10.9 Å². The van der Waals surface area contributed by atoms with E-state index in [0.29, 0.717) is 35.9 Å². The van der Waals surface area contributed by atoms with E-state index in [1.807, 2.05) is 37.3 Å². The lowest BCUT2D eigenvalue weighted by molar-refractivity contribution is -0.148. The number of esters is 1. The lowest BCUT2D eigenvalue weighted by Crippen LogP contribution is -2.56. The molecule has 48 heavy (non-hydrogen) atoms. The number of aromatic nitrogens is 1. The molecule has 1 aromatic carbocycles. The van der Waals surface area contributed by atoms with Gasteiger partial charge in [0.1, 0.15) is 40.8 Å². The number of nitrogens with one attached hydrogen (secondary N) is 2. The number of rotatable bonds is 5. The van der Waals surface area contributed by atoms with E-state index in [1.54, 1.807) is 26.8 Å². The smallest absolute Gasteiger partial charge is 0.408 e. The Labute approximate surface area is 280 Å². The number of hydrogen-bond donors (Lipinski definition) is 2. The summed E-state index contributed by atoms with van der Waals surface area (Å²) in [6.07, 6.45) is 6.56. The Bertz CT molecular complexity index is 1630. The topological polar surface area (TPSA) is 153 Å². The molecule has 3 heterocycles. The largest absolute Gasteiger partial charge is 0.488 e. The van der Waals surface area contributed by atoms with Gasteiger partial charge in [-0.3, -0.25) is 14.4 Å². The molecule has 1 saturated carbocycles. The molecule has 2 fully saturated rings. The molecule has 5 rings (SSSR count). The van der Waals surface area contributed by atoms with E-state index in [-0.39, 0.29) is 30.4 Å². The van der Waals surface area contributed by atoms with Gasteiger partial charge in [-0.25, -0.2) is 14.6 Å². The van der Waals surface area contributed by atoms with Gasteiger partial charge in [-0.15, -0.1) is 0 Å². The summed E-state index contributed by atoms with van der Waals surface area (Å²) in [5.41, 5.74) is -0.207. The summed E-state index contributed by atoms with van der Waals surface area (Å²) in [6.45, 7) is 8.61. The maximum Gasteiger partial charge on any atom is 0.408 e. The zero-order valence-corrected chi connectivity index (χ0v) is 28.6. The zero-order valence-electron chi connectivity index (χ0n) is 28.6. The summed E-state index contributed by atoms with van der Waals surface area (Å²) < 4.78 is 17.1. The van der Waals surface area contributed by atoms with Crippen molar-refractivity contribution < 1.29 is 38.2 Å². The predicted molar refractivity (Wildman–Crippen MR) is 177 cm³/mol. The number of amides is 3. The number of aryl methyl sites for hydroxylation is 1. The number of hydrogen-bond acceptors (Lipinski definition) is 9. The summed E-state index contributed by atoms with van der Waals surface area (Å²) in [7, 11) is 1.29. The lowest BCUT2D eigenvalue weighted by Gasteiger charge is -2.30. The highest BCUT2D eigenvalue weighted by atomic mass is 16.6. The van der Waals surface area contributed by atoms with E-state index < -0.39 is 53.2 Å². The average Bonchev–Trinajstić information content (AvgIpc) is 3.54. The van der Waals surface area contributed by atoms with Crippen LogP contribution in [0.4, 0.5) is 4.79 Å². The SMILES string of the molecule is COC(=O)[C@@]12CC1/C=C\CCCCC[C@H](NC(=O)OC(C)(C)C)C(=O)N1C[C@H](Oc3cc(C(C)=O)nc4cc(C)ccc34)C[C@H]1C(=O)N2. The molecule has 5 atom stereocenters. The molecule has 2 aliphatic heterocycles. The van der Waals surface area contributed by atoms with Crippen LogP contribution in [0.2, 0.25) is 0 Å². The number of Topliss-reactive ketones (excluding diaryl/α,β-unsaturated/α-hetero) is 1. The molecule has 0 bridgehead atoms. The van der Waals surface area contributed by atoms with Crippen molar-refractivity contribution >= 4 is 40.6 Å². The van der Waals surface area contributed by atoms with Crippen molar-refractivity contribution in [2.45, 2.75) is 109 Å². The van der Waals surface area contributed by atoms with Gasteiger partial charge in [0.15, 0.2) is 5.78 Å². The number of benzene rings is 1. The molecule has 2 N–H and O–H groups in total. The van der Waals surface area contributed by atoms with Crippen molar-refractivity contribution in [2.24, 2.45) is 5.92 Å². The molecule has 1 unspecified atom stereocenters. The minimum absolute atomic E-state index is 0.0308. The first-order valence-corrected chi connectivity index (χ1v) is 16.7. The van der Waals surface area contributed by atoms with Gasteiger partial charge in [0.05, 0.1) is 19.2 Å². The molecule has 2 aromatic rings. The van der Waals surface area contributed by atoms with E-state index in [9.17, 15) is 24.0 Å². The van der Waals surface area contributed by atoms with Crippen molar-refractivity contribution in [1.82, 2.24) is 20.5 Å². The van der Waals surface area contributed by atoms with Crippen LogP contribution in [0.1, 0.15) is 88.7 Å². The number of nitrogens with zero attached hydrogens (tertiary/aromatic N) is 2. The van der Waals surface area contributed by atoms with E-state index in [4.69, 9.17) is 14.2 Å². The number of ketones is 1. The average molecular weight is 663 g/mol. The molecule has 3 aliphatic rings. The maximum atomic E-state index is 14.3. The van der Waals surface area contributed by atoms with Gasteiger partial charge in [-0.05, 0) is 71.1 Å². The summed E-state index contributed by atoms with van der Waals surface area (Å²) in [6, 6.07) is 5.27. The predicted octanol–water partition coefficient (Wildman–Crippen LogP) is 4.56. The number of allylic oxidation sites excluding steroid dienone is 1. The lowest BCUT2D eigenvalue weighted by atomic mass is 10.0. The number of alkyl carbamates (subject to hydrolysis) is 1. The standard InChI is InChI=1S/C36H46N4O8/c1-21-14-15-25-28(16-21)37-27(22(2)41)18-30(25)47-24-17-29-31(42)39-36(33(44)46-6)19-23(36)12-10-8-7-9-11-13-26(32(43)40(29)20-24)38-34(45)48-35(3,4)5/h10,12,14-16,18,23-24,26,29H,7-9,11,13,17,19-20H2,1-6H3,(H,38,45)(H,39,42)/b12-10-/t23?,24-,26+,29+,36-/m1/s1. The fourth-order valence-corrected chi connectivity index (χ4v) is 6.53. The van der Waals surface area contributed by atoms with Crippen LogP contribution in [0, 0.1) is 12.8 Å². The van der Waals surface area contributed by atoms with E-state index in [1.165, 1.54) is 18.9 Å². The monoisotopic (exact) mass is 662 g/mol. The van der Waals surface area contributed by atoms with E-state index in [2.05, 4.69) is 15.6 Å². The fraction of sp³-hybridized carbons (Fsp3) is 0.556. The second-order valence-corrected chi connectivity index (χ2v) is 14.1. The van der Waals surface area contributed by atoms with Crippen LogP contribution in [-0.4, -0.2) is 82.5 Å². The highest BCUT2D eigenvalue weighted by molar-refractivity contribution is 5.98. The molecule has 1 aromatic heterocycles. The Morgan fingerprint density at radius 1 is 1.10 bits per heavy atom. The van der Waals surface area contributed by atoms with Gasteiger partial charge in [0.25, 0.3) is 0 Å². The minimum atomic E-state index is -1.22. The van der Waals surface area contributed by atoms with E-state index >= 15 is 0 Å². The van der Waals surface area contributed by atoms with Crippen molar-refractivity contribution in [1.29, 1.82) is 0 Å². The first kappa shape index (κ1) is 34.8. The van der Waals surface area contributed by atoms with Crippen LogP contribution in [0.3, 0.4) is 0 Å². The Morgan fingerprint density at radius 2 is 1.88 bits per heavy atom. The Balaban J connectivity index is 1.49. The number of carbonyl (C=O) groups is 5. The third kappa shape index (κ3) is 7.79. The fourth-order valence-electron chi connectivity index (χ4n) is 6.53. The third-order valence-electron chi connectivity index (χ3n) is 9.06. The normalized spacial score (nSPS) is 27.0. The molecule has 12 heteroatoms. The Kier molecular flexibility index (Phi) is 10.1. The molecule has 258 valence electrons. The highest BCUT2D eigenvalue weighted by Gasteiger charge is 2.62. The summed E-state index contributed by atoms with van der Waals surface area (Å²) in [5.74, 6) is -1.55. The summed E-state index contributed by atoms with van der Waals surface area (Å²) >= 11 is 0. The van der Waals surface area contributed by atoms with Crippen molar-refractivity contribution in [3.05, 3.63) is 47.7 Å². The molecule has 1 aliphatic carbocycles. The number of pyridine rings is 1. The third-order valence-corrected chi connectivity index (χ3v) is 9.06. The first-order chi connectivity index (χ1) is 22.7. The molecular weight excluding hydrogens is 616 g/mol. The van der Waals surface area contributed by atoms with Crippen LogP contribution < -0.4 is 15.4 Å². The molecule has 0 radical (unpaired) electrons. The van der Waals surface area contributed by atoms with E-state index in [0.717, 1.165) is 24.8 Å². The maximum absolute atomic E-state index is 14.3. The van der Waals surface area contributed by atoms with Gasteiger partial charge >= 0.3 is 12.1 Å². The van der Waals surface area contributed by atoms with Crippen LogP contribution >= 0.6 is 0 Å². The highest BCUT2D eigenvalue weighted by Crippen LogP contribution is 2.46. The molecule has 0 spiro atoms. The Hall–Kier alpha value is -4.48. The molecule has 12 nitrogen and oxygen atoms in total. The van der Waals surface area contributed by atoms with Crippen LogP contribution in [0.15, 0.2) is 36.4 Å². The summed E-state index contributed by atoms with van der Waals surface area (Å²) in [4.78, 5) is 72.6. The quantitative estimate of drug-likeness (QED) is 0.267. The number of ether oxygens (including phenoxy) is 3. The number of carbonyl (C=O) groups excluding carboxylic acids is 5. The first-order valence-electron chi connectivity index (χ1n) is 16.7. The van der Waals surface area contributed by atoms with Crippen molar-refractivity contribution in [3.63, 3.8) is 0 Å².